The van der Waals surface area contributed by atoms with Crippen LogP contribution in [0.2, 0.25) is 0 Å². The molecule has 2 rings (SSSR count). The number of nitrogens with two attached hydrogens (primary N) is 1. The third kappa shape index (κ3) is 1.94. The van der Waals surface area contributed by atoms with Gasteiger partial charge in [0.2, 0.25) is 0 Å². The summed E-state index contributed by atoms with van der Waals surface area (Å²) in [5, 5.41) is 4.13. The van der Waals surface area contributed by atoms with Crippen molar-refractivity contribution in [1.82, 2.24) is 19.7 Å². The van der Waals surface area contributed by atoms with Crippen molar-refractivity contribution in [3.63, 3.8) is 0 Å². The van der Waals surface area contributed by atoms with Crippen LogP contribution in [0.4, 0.5) is 0 Å². The summed E-state index contributed by atoms with van der Waals surface area (Å²) in [6.07, 6.45) is 3.20. The van der Waals surface area contributed by atoms with E-state index in [1.807, 2.05) is 6.07 Å². The standard InChI is InChI=1S/C9H11N5O/c1-15-7-2-3-9(11-5-7)14-6-12-8(4-10)13-14/h2-3,5-6H,4,10H2,1H3. The van der Waals surface area contributed by atoms with Crippen LogP contribution in [0.15, 0.2) is 24.7 Å². The number of nitrogens with zero attached hydrogens (tertiary/aromatic N) is 4. The lowest BCUT2D eigenvalue weighted by molar-refractivity contribution is 0.412. The van der Waals surface area contributed by atoms with Gasteiger partial charge >= 0.3 is 0 Å². The average Bonchev–Trinajstić information content (AvgIpc) is 2.78. The molecule has 0 aliphatic rings. The van der Waals surface area contributed by atoms with Gasteiger partial charge < -0.3 is 10.5 Å². The fraction of sp³-hybridized carbons (Fsp3) is 0.222. The van der Waals surface area contributed by atoms with E-state index in [1.54, 1.807) is 30.4 Å². The molecular weight excluding hydrogens is 194 g/mol. The molecule has 0 amide bonds. The maximum absolute atomic E-state index is 5.41. The first-order valence-electron chi connectivity index (χ1n) is 4.44. The molecule has 0 saturated heterocycles. The molecule has 6 heteroatoms. The molecule has 0 aromatic carbocycles. The molecule has 0 fully saturated rings. The Balaban J connectivity index is 2.28. The van der Waals surface area contributed by atoms with Crippen molar-refractivity contribution in [2.24, 2.45) is 5.73 Å². The first kappa shape index (κ1) is 9.60. The van der Waals surface area contributed by atoms with E-state index in [-0.39, 0.29) is 0 Å². The van der Waals surface area contributed by atoms with Crippen molar-refractivity contribution in [3.05, 3.63) is 30.5 Å². The van der Waals surface area contributed by atoms with Gasteiger partial charge in [-0.3, -0.25) is 0 Å². The van der Waals surface area contributed by atoms with Crippen molar-refractivity contribution in [2.45, 2.75) is 6.54 Å². The van der Waals surface area contributed by atoms with Crippen molar-refractivity contribution in [1.29, 1.82) is 0 Å². The van der Waals surface area contributed by atoms with Gasteiger partial charge in [-0.1, -0.05) is 0 Å². The van der Waals surface area contributed by atoms with Crippen LogP contribution in [0.3, 0.4) is 0 Å². The van der Waals surface area contributed by atoms with E-state index in [2.05, 4.69) is 15.1 Å². The molecule has 2 aromatic heterocycles. The van der Waals surface area contributed by atoms with Crippen molar-refractivity contribution >= 4 is 0 Å². The zero-order valence-electron chi connectivity index (χ0n) is 8.29. The van der Waals surface area contributed by atoms with Crippen LogP contribution in [-0.4, -0.2) is 26.9 Å². The van der Waals surface area contributed by atoms with Gasteiger partial charge in [0.1, 0.15) is 12.1 Å². The molecule has 2 heterocycles. The second kappa shape index (κ2) is 4.05. The van der Waals surface area contributed by atoms with E-state index in [0.29, 0.717) is 23.9 Å². The van der Waals surface area contributed by atoms with Gasteiger partial charge in [0.25, 0.3) is 0 Å². The molecular formula is C9H11N5O. The Morgan fingerprint density at radius 3 is 2.80 bits per heavy atom. The smallest absolute Gasteiger partial charge is 0.164 e. The molecule has 0 aliphatic carbocycles. The normalized spacial score (nSPS) is 10.3. The molecule has 15 heavy (non-hydrogen) atoms. The number of ether oxygens (including phenoxy) is 1. The first-order chi connectivity index (χ1) is 7.33. The number of methoxy groups -OCH3 is 1. The fourth-order valence-corrected chi connectivity index (χ4v) is 1.13. The predicted molar refractivity (Wildman–Crippen MR) is 53.6 cm³/mol. The molecule has 0 aliphatic heterocycles. The fourth-order valence-electron chi connectivity index (χ4n) is 1.13. The minimum atomic E-state index is 0.323. The van der Waals surface area contributed by atoms with Crippen LogP contribution in [0.1, 0.15) is 5.82 Å². The second-order valence-electron chi connectivity index (χ2n) is 2.87. The lowest BCUT2D eigenvalue weighted by atomic mass is 10.4. The number of rotatable bonds is 3. The molecule has 0 unspecified atom stereocenters. The zero-order valence-corrected chi connectivity index (χ0v) is 8.29. The maximum Gasteiger partial charge on any atom is 0.164 e. The highest BCUT2D eigenvalue weighted by Crippen LogP contribution is 2.10. The van der Waals surface area contributed by atoms with Gasteiger partial charge in [-0.05, 0) is 12.1 Å². The SMILES string of the molecule is COc1ccc(-n2cnc(CN)n2)nc1. The number of aromatic nitrogens is 4. The van der Waals surface area contributed by atoms with E-state index < -0.39 is 0 Å². The van der Waals surface area contributed by atoms with Crippen LogP contribution < -0.4 is 10.5 Å². The minimum absolute atomic E-state index is 0.323. The van der Waals surface area contributed by atoms with Gasteiger partial charge in [-0.2, -0.15) is 0 Å². The van der Waals surface area contributed by atoms with Gasteiger partial charge in [0.15, 0.2) is 11.6 Å². The highest BCUT2D eigenvalue weighted by atomic mass is 16.5. The summed E-state index contributed by atoms with van der Waals surface area (Å²) in [4.78, 5) is 8.17. The quantitative estimate of drug-likeness (QED) is 0.770. The molecule has 6 nitrogen and oxygen atoms in total. The predicted octanol–water partition coefficient (Wildman–Crippen LogP) is 0.130. The summed E-state index contributed by atoms with van der Waals surface area (Å²) in [7, 11) is 1.60. The Labute approximate surface area is 86.7 Å². The Kier molecular flexibility index (Phi) is 2.59. The Hall–Kier alpha value is -1.95. The highest BCUT2D eigenvalue weighted by molar-refractivity contribution is 5.27. The Bertz CT molecular complexity index is 436. The zero-order chi connectivity index (χ0) is 10.7. The summed E-state index contributed by atoms with van der Waals surface area (Å²) >= 11 is 0. The maximum atomic E-state index is 5.41. The Morgan fingerprint density at radius 1 is 1.40 bits per heavy atom. The van der Waals surface area contributed by atoms with Crippen molar-refractivity contribution in [3.8, 4) is 11.6 Å². The third-order valence-corrected chi connectivity index (χ3v) is 1.91. The number of hydrogen-bond donors (Lipinski definition) is 1. The monoisotopic (exact) mass is 205 g/mol. The van der Waals surface area contributed by atoms with E-state index >= 15 is 0 Å². The molecule has 2 aromatic rings. The molecule has 0 saturated carbocycles. The van der Waals surface area contributed by atoms with E-state index in [4.69, 9.17) is 10.5 Å². The van der Waals surface area contributed by atoms with E-state index in [0.717, 1.165) is 0 Å². The summed E-state index contributed by atoms with van der Waals surface area (Å²) in [6, 6.07) is 3.61. The van der Waals surface area contributed by atoms with Crippen LogP contribution in [-0.2, 0) is 6.54 Å². The third-order valence-electron chi connectivity index (χ3n) is 1.91. The minimum Gasteiger partial charge on any atom is -0.495 e. The van der Waals surface area contributed by atoms with Crippen LogP contribution in [0.5, 0.6) is 5.75 Å². The molecule has 0 radical (unpaired) electrons. The summed E-state index contributed by atoms with van der Waals surface area (Å²) in [5.41, 5.74) is 5.41. The largest absolute Gasteiger partial charge is 0.495 e. The first-order valence-corrected chi connectivity index (χ1v) is 4.44. The van der Waals surface area contributed by atoms with E-state index in [9.17, 15) is 0 Å². The highest BCUT2D eigenvalue weighted by Gasteiger charge is 2.02. The topological polar surface area (TPSA) is 78.9 Å². The van der Waals surface area contributed by atoms with Crippen LogP contribution in [0, 0.1) is 0 Å². The molecule has 78 valence electrons. The number of hydrogen-bond acceptors (Lipinski definition) is 5. The van der Waals surface area contributed by atoms with Crippen LogP contribution >= 0.6 is 0 Å². The summed E-state index contributed by atoms with van der Waals surface area (Å²) < 4.78 is 6.57. The molecule has 0 atom stereocenters. The molecule has 0 spiro atoms. The summed E-state index contributed by atoms with van der Waals surface area (Å²) in [6.45, 7) is 0.323. The van der Waals surface area contributed by atoms with Crippen LogP contribution in [0.25, 0.3) is 5.82 Å². The average molecular weight is 205 g/mol. The lowest BCUT2D eigenvalue weighted by Gasteiger charge is -2.01. The summed E-state index contributed by atoms with van der Waals surface area (Å²) in [5.74, 6) is 1.98. The van der Waals surface area contributed by atoms with E-state index in [1.165, 1.54) is 0 Å². The lowest BCUT2D eigenvalue weighted by Crippen LogP contribution is -2.02. The van der Waals surface area contributed by atoms with Gasteiger partial charge in [-0.15, -0.1) is 5.10 Å². The van der Waals surface area contributed by atoms with Crippen molar-refractivity contribution in [2.75, 3.05) is 7.11 Å². The molecule has 0 bridgehead atoms. The number of pyridine rings is 1. The van der Waals surface area contributed by atoms with Crippen molar-refractivity contribution < 1.29 is 4.74 Å². The van der Waals surface area contributed by atoms with Gasteiger partial charge in [0.05, 0.1) is 19.9 Å². The molecule has 2 N–H and O–H groups in total. The second-order valence-corrected chi connectivity index (χ2v) is 2.87. The Morgan fingerprint density at radius 2 is 2.27 bits per heavy atom. The van der Waals surface area contributed by atoms with Gasteiger partial charge in [0, 0.05) is 0 Å². The van der Waals surface area contributed by atoms with Gasteiger partial charge in [-0.25, -0.2) is 14.6 Å².